The molecule has 1 aliphatic carbocycles. The van der Waals surface area contributed by atoms with Gasteiger partial charge in [0.05, 0.1) is 5.54 Å². The van der Waals surface area contributed by atoms with Gasteiger partial charge in [-0.3, -0.25) is 0 Å². The van der Waals surface area contributed by atoms with Crippen molar-refractivity contribution in [3.05, 3.63) is 212 Å². The van der Waals surface area contributed by atoms with Crippen LogP contribution < -0.4 is 5.32 Å². The predicted octanol–water partition coefficient (Wildman–Crippen LogP) is 15.2. The normalized spacial score (nSPS) is 15.4. The number of furan rings is 1. The molecule has 0 aliphatic heterocycles. The fourth-order valence-corrected chi connectivity index (χ4v) is 9.08. The number of allylic oxidation sites excluding steroid dienone is 4. The van der Waals surface area contributed by atoms with Gasteiger partial charge in [-0.1, -0.05) is 146 Å². The van der Waals surface area contributed by atoms with E-state index in [1.807, 2.05) is 12.1 Å². The van der Waals surface area contributed by atoms with Gasteiger partial charge in [0.15, 0.2) is 0 Å². The van der Waals surface area contributed by atoms with Crippen molar-refractivity contribution >= 4 is 60.7 Å². The molecule has 2 heterocycles. The Morgan fingerprint density at radius 2 is 1.10 bits per heavy atom. The van der Waals surface area contributed by atoms with Gasteiger partial charge < -0.3 is 14.3 Å². The average Bonchev–Trinajstić information content (AvgIpc) is 3.83. The van der Waals surface area contributed by atoms with E-state index < -0.39 is 0 Å². The number of nitrogens with zero attached hydrogens (tertiary/aromatic N) is 1. The SMILES string of the molecule is CC1(n2c3ccccc3c3cc(-c4ccc(Nc5ccc(-c6ccccc6)cc5)c(-c5ccc6c(c5)oc5ccccc56)c4)ccc32)C=CC=C(c2ccccc2)C1. The molecule has 10 aromatic rings. The van der Waals surface area contributed by atoms with Gasteiger partial charge >= 0.3 is 0 Å². The molecule has 0 bridgehead atoms. The predicted molar refractivity (Wildman–Crippen MR) is 245 cm³/mol. The first kappa shape index (κ1) is 33.9. The maximum atomic E-state index is 6.39. The lowest BCUT2D eigenvalue weighted by atomic mass is 9.84. The monoisotopic (exact) mass is 744 g/mol. The van der Waals surface area contributed by atoms with E-state index in [9.17, 15) is 0 Å². The number of nitrogens with one attached hydrogen (secondary N) is 1. The second-order valence-electron chi connectivity index (χ2n) is 15.7. The zero-order valence-corrected chi connectivity index (χ0v) is 32.2. The van der Waals surface area contributed by atoms with Crippen LogP contribution in [0.4, 0.5) is 11.4 Å². The van der Waals surface area contributed by atoms with Crippen LogP contribution in [0.1, 0.15) is 18.9 Å². The molecule has 0 amide bonds. The van der Waals surface area contributed by atoms with Crippen LogP contribution in [0.3, 0.4) is 0 Å². The maximum Gasteiger partial charge on any atom is 0.136 e. The van der Waals surface area contributed by atoms with E-state index in [-0.39, 0.29) is 5.54 Å². The van der Waals surface area contributed by atoms with Gasteiger partial charge in [0.1, 0.15) is 11.2 Å². The van der Waals surface area contributed by atoms with Crippen LogP contribution in [0.2, 0.25) is 0 Å². The van der Waals surface area contributed by atoms with E-state index in [0.29, 0.717) is 0 Å². The topological polar surface area (TPSA) is 30.1 Å². The van der Waals surface area contributed by atoms with Crippen molar-refractivity contribution in [3.8, 4) is 33.4 Å². The third kappa shape index (κ3) is 5.83. The van der Waals surface area contributed by atoms with E-state index >= 15 is 0 Å². The van der Waals surface area contributed by atoms with Gasteiger partial charge in [-0.2, -0.15) is 0 Å². The fourth-order valence-electron chi connectivity index (χ4n) is 9.08. The molecule has 8 aromatic carbocycles. The first-order chi connectivity index (χ1) is 28.6. The van der Waals surface area contributed by atoms with Gasteiger partial charge in [-0.05, 0) is 113 Å². The van der Waals surface area contributed by atoms with E-state index in [2.05, 4.69) is 211 Å². The third-order valence-electron chi connectivity index (χ3n) is 11.9. The summed E-state index contributed by atoms with van der Waals surface area (Å²) in [6, 6.07) is 67.5. The number of hydrogen-bond acceptors (Lipinski definition) is 2. The molecule has 58 heavy (non-hydrogen) atoms. The minimum atomic E-state index is -0.238. The van der Waals surface area contributed by atoms with E-state index in [1.165, 1.54) is 49.6 Å². The smallest absolute Gasteiger partial charge is 0.136 e. The third-order valence-corrected chi connectivity index (χ3v) is 11.9. The molecule has 2 aromatic heterocycles. The summed E-state index contributed by atoms with van der Waals surface area (Å²) < 4.78 is 8.95. The summed E-state index contributed by atoms with van der Waals surface area (Å²) in [6.45, 7) is 2.37. The summed E-state index contributed by atoms with van der Waals surface area (Å²) in [7, 11) is 0. The zero-order chi connectivity index (χ0) is 38.6. The quantitative estimate of drug-likeness (QED) is 0.176. The lowest BCUT2D eigenvalue weighted by molar-refractivity contribution is 0.444. The van der Waals surface area contributed by atoms with Crippen LogP contribution >= 0.6 is 0 Å². The Labute approximate surface area is 337 Å². The van der Waals surface area contributed by atoms with Crippen molar-refractivity contribution in [1.82, 2.24) is 4.57 Å². The van der Waals surface area contributed by atoms with Gasteiger partial charge in [0.25, 0.3) is 0 Å². The van der Waals surface area contributed by atoms with Crippen LogP contribution in [-0.4, -0.2) is 4.57 Å². The summed E-state index contributed by atoms with van der Waals surface area (Å²) in [5.74, 6) is 0. The molecule has 1 unspecified atom stereocenters. The molecular formula is C55H40N2O. The highest BCUT2D eigenvalue weighted by Gasteiger charge is 2.30. The molecule has 1 atom stereocenters. The summed E-state index contributed by atoms with van der Waals surface area (Å²) in [5.41, 5.74) is 15.6. The second kappa shape index (κ2) is 13.7. The highest BCUT2D eigenvalue weighted by Crippen LogP contribution is 2.44. The van der Waals surface area contributed by atoms with Crippen molar-refractivity contribution in [3.63, 3.8) is 0 Å². The molecule has 3 nitrogen and oxygen atoms in total. The van der Waals surface area contributed by atoms with Crippen LogP contribution in [0.15, 0.2) is 211 Å². The summed E-state index contributed by atoms with van der Waals surface area (Å²) in [5, 5.41) is 8.54. The van der Waals surface area contributed by atoms with Crippen molar-refractivity contribution < 1.29 is 4.42 Å². The number of para-hydroxylation sites is 2. The lowest BCUT2D eigenvalue weighted by Gasteiger charge is -2.33. The van der Waals surface area contributed by atoms with Crippen LogP contribution in [0, 0.1) is 0 Å². The molecule has 0 saturated heterocycles. The molecule has 11 rings (SSSR count). The van der Waals surface area contributed by atoms with Crippen LogP contribution in [0.5, 0.6) is 0 Å². The summed E-state index contributed by atoms with van der Waals surface area (Å²) >= 11 is 0. The summed E-state index contributed by atoms with van der Waals surface area (Å²) in [6.07, 6.45) is 7.78. The Hall–Kier alpha value is -7.36. The number of hydrogen-bond donors (Lipinski definition) is 1. The lowest BCUT2D eigenvalue weighted by Crippen LogP contribution is -2.29. The number of anilines is 2. The highest BCUT2D eigenvalue weighted by atomic mass is 16.3. The molecule has 1 N–H and O–H groups in total. The van der Waals surface area contributed by atoms with Crippen molar-refractivity contribution in [2.75, 3.05) is 5.32 Å². The Morgan fingerprint density at radius 1 is 0.483 bits per heavy atom. The largest absolute Gasteiger partial charge is 0.456 e. The summed E-state index contributed by atoms with van der Waals surface area (Å²) in [4.78, 5) is 0. The first-order valence-electron chi connectivity index (χ1n) is 20.0. The van der Waals surface area contributed by atoms with E-state index in [1.54, 1.807) is 0 Å². The Balaban J connectivity index is 1.02. The zero-order valence-electron chi connectivity index (χ0n) is 32.2. The second-order valence-corrected chi connectivity index (χ2v) is 15.7. The van der Waals surface area contributed by atoms with E-state index in [4.69, 9.17) is 4.42 Å². The minimum absolute atomic E-state index is 0.238. The average molecular weight is 745 g/mol. The van der Waals surface area contributed by atoms with Crippen molar-refractivity contribution in [1.29, 1.82) is 0 Å². The minimum Gasteiger partial charge on any atom is -0.456 e. The standard InChI is InChI=1S/C55H40N2O/c1-55(32-12-17-43(36-55)38-15-6-3-7-16-38)57-51-20-10-8-18-45(51)49-34-41(26-31-52(49)57)40-25-30-50(56-44-27-22-39(23-28-44)37-13-4-2-5-14-37)48(33-40)42-24-29-47-46-19-9-11-21-53(46)58-54(47)35-42/h2-35,56H,36H2,1H3. The Morgan fingerprint density at radius 3 is 1.93 bits per heavy atom. The highest BCUT2D eigenvalue weighted by molar-refractivity contribution is 6.10. The molecule has 276 valence electrons. The molecule has 0 saturated carbocycles. The van der Waals surface area contributed by atoms with Gasteiger partial charge in [0.2, 0.25) is 0 Å². The Kier molecular flexibility index (Phi) is 8.01. The fraction of sp³-hybridized carbons (Fsp3) is 0.0545. The van der Waals surface area contributed by atoms with Gasteiger partial charge in [-0.15, -0.1) is 0 Å². The number of benzene rings is 8. The number of aromatic nitrogens is 1. The molecule has 1 aliphatic rings. The number of fused-ring (bicyclic) bond motifs is 6. The Bertz CT molecular complexity index is 3220. The van der Waals surface area contributed by atoms with Crippen molar-refractivity contribution in [2.24, 2.45) is 0 Å². The van der Waals surface area contributed by atoms with Crippen molar-refractivity contribution in [2.45, 2.75) is 18.9 Å². The molecule has 0 spiro atoms. The van der Waals surface area contributed by atoms with Gasteiger partial charge in [-0.25, -0.2) is 0 Å². The molecule has 3 heteroatoms. The van der Waals surface area contributed by atoms with E-state index in [0.717, 1.165) is 56.4 Å². The van der Waals surface area contributed by atoms with Gasteiger partial charge in [0, 0.05) is 49.5 Å². The molecule has 0 radical (unpaired) electrons. The molecule has 0 fully saturated rings. The number of rotatable bonds is 7. The first-order valence-corrected chi connectivity index (χ1v) is 20.0. The molecular weight excluding hydrogens is 705 g/mol. The maximum absolute atomic E-state index is 6.39. The van der Waals surface area contributed by atoms with Crippen LogP contribution in [0.25, 0.3) is 82.7 Å². The van der Waals surface area contributed by atoms with Crippen LogP contribution in [-0.2, 0) is 5.54 Å².